The zero-order chi connectivity index (χ0) is 20.4. The van der Waals surface area contributed by atoms with Crippen LogP contribution in [0, 0.1) is 20.8 Å². The van der Waals surface area contributed by atoms with Crippen molar-refractivity contribution in [1.29, 1.82) is 0 Å². The van der Waals surface area contributed by atoms with Gasteiger partial charge in [-0.1, -0.05) is 35.5 Å². The lowest BCUT2D eigenvalue weighted by Gasteiger charge is -2.08. The molecule has 0 saturated heterocycles. The Morgan fingerprint density at radius 2 is 1.83 bits per heavy atom. The van der Waals surface area contributed by atoms with Gasteiger partial charge >= 0.3 is 0 Å². The van der Waals surface area contributed by atoms with E-state index in [0.717, 1.165) is 33.0 Å². The molecular weight excluding hydrogens is 382 g/mol. The van der Waals surface area contributed by atoms with Gasteiger partial charge in [0.1, 0.15) is 11.4 Å². The van der Waals surface area contributed by atoms with Crippen LogP contribution in [0.15, 0.2) is 60.0 Å². The number of hydrogen-bond donors (Lipinski definition) is 1. The number of carbonyl (C=O) groups is 1. The summed E-state index contributed by atoms with van der Waals surface area (Å²) in [5.74, 6) is 0.185. The van der Waals surface area contributed by atoms with Crippen molar-refractivity contribution in [3.63, 3.8) is 0 Å². The molecule has 0 unspecified atom stereocenters. The molecule has 0 fully saturated rings. The zero-order valence-electron chi connectivity index (χ0n) is 16.5. The Balaban J connectivity index is 1.50. The highest BCUT2D eigenvalue weighted by Crippen LogP contribution is 2.26. The van der Waals surface area contributed by atoms with Crippen LogP contribution in [0.2, 0.25) is 0 Å². The van der Waals surface area contributed by atoms with Crippen molar-refractivity contribution >= 4 is 34.4 Å². The summed E-state index contributed by atoms with van der Waals surface area (Å²) in [5, 5.41) is 8.98. The van der Waals surface area contributed by atoms with Gasteiger partial charge < -0.3 is 5.32 Å². The number of aromatic nitrogens is 4. The van der Waals surface area contributed by atoms with E-state index in [0.29, 0.717) is 0 Å². The highest BCUT2D eigenvalue weighted by atomic mass is 32.2. The summed E-state index contributed by atoms with van der Waals surface area (Å²) in [5.41, 5.74) is 6.00. The molecule has 0 bridgehead atoms. The Morgan fingerprint density at radius 3 is 2.59 bits per heavy atom. The van der Waals surface area contributed by atoms with Crippen LogP contribution < -0.4 is 5.32 Å². The summed E-state index contributed by atoms with van der Waals surface area (Å²) in [6, 6.07) is 14.0. The van der Waals surface area contributed by atoms with Gasteiger partial charge in [-0.3, -0.25) is 4.79 Å². The van der Waals surface area contributed by atoms with E-state index < -0.39 is 0 Å². The summed E-state index contributed by atoms with van der Waals surface area (Å²) >= 11 is 1.38. The summed E-state index contributed by atoms with van der Waals surface area (Å²) in [6.07, 6.45) is 3.26. The second-order valence-corrected chi connectivity index (χ2v) is 7.91. The lowest BCUT2D eigenvalue weighted by Crippen LogP contribution is -2.14. The fraction of sp³-hybridized carbons (Fsp3) is 0.182. The summed E-state index contributed by atoms with van der Waals surface area (Å²) in [4.78, 5) is 21.1. The lowest BCUT2D eigenvalue weighted by molar-refractivity contribution is -0.113. The number of hydrogen-bond acceptors (Lipinski definition) is 5. The molecular formula is C22H21N5OS. The lowest BCUT2D eigenvalue weighted by atomic mass is 10.1. The number of nitrogens with zero attached hydrogens (tertiary/aromatic N) is 4. The molecule has 2 heterocycles. The number of fused-ring (bicyclic) bond motifs is 1. The highest BCUT2D eigenvalue weighted by molar-refractivity contribution is 8.00. The highest BCUT2D eigenvalue weighted by Gasteiger charge is 2.13. The van der Waals surface area contributed by atoms with E-state index in [2.05, 4.69) is 20.4 Å². The molecule has 0 aliphatic heterocycles. The standard InChI is InChI=1S/C22H21N5OS/c1-14-4-8-18(9-5-14)27-21-19(11-25-27)22(24-13-23-21)29-12-20(28)26-17-7-6-15(2)16(3)10-17/h4-11,13H,12H2,1-3H3,(H,26,28). The number of amides is 1. The summed E-state index contributed by atoms with van der Waals surface area (Å²) in [7, 11) is 0. The monoisotopic (exact) mass is 403 g/mol. The van der Waals surface area contributed by atoms with Gasteiger partial charge in [0.05, 0.1) is 23.0 Å². The van der Waals surface area contributed by atoms with Crippen LogP contribution in [-0.4, -0.2) is 31.4 Å². The molecule has 0 atom stereocenters. The molecule has 6 nitrogen and oxygen atoms in total. The third kappa shape index (κ3) is 4.14. The second-order valence-electron chi connectivity index (χ2n) is 6.94. The quantitative estimate of drug-likeness (QED) is 0.393. The van der Waals surface area contributed by atoms with Crippen molar-refractivity contribution in [3.05, 3.63) is 71.7 Å². The Labute approximate surface area is 173 Å². The topological polar surface area (TPSA) is 72.7 Å². The van der Waals surface area contributed by atoms with Crippen molar-refractivity contribution in [2.24, 2.45) is 0 Å². The molecule has 0 aliphatic rings. The number of rotatable bonds is 5. The van der Waals surface area contributed by atoms with Gasteiger partial charge in [0.25, 0.3) is 0 Å². The smallest absolute Gasteiger partial charge is 0.234 e. The Hall–Kier alpha value is -3.19. The average Bonchev–Trinajstić information content (AvgIpc) is 3.14. The summed E-state index contributed by atoms with van der Waals surface area (Å²) in [6.45, 7) is 6.13. The van der Waals surface area contributed by atoms with Crippen LogP contribution in [0.4, 0.5) is 5.69 Å². The van der Waals surface area contributed by atoms with Gasteiger partial charge in [-0.2, -0.15) is 5.10 Å². The largest absolute Gasteiger partial charge is 0.325 e. The van der Waals surface area contributed by atoms with E-state index in [1.54, 1.807) is 10.9 Å². The third-order valence-corrected chi connectivity index (χ3v) is 5.74. The van der Waals surface area contributed by atoms with Crippen LogP contribution in [0.25, 0.3) is 16.7 Å². The number of carbonyl (C=O) groups excluding carboxylic acids is 1. The van der Waals surface area contributed by atoms with Gasteiger partial charge in [0.2, 0.25) is 5.91 Å². The normalized spacial score (nSPS) is 11.0. The first kappa shape index (κ1) is 19.1. The maximum absolute atomic E-state index is 12.4. The predicted molar refractivity (Wildman–Crippen MR) is 117 cm³/mol. The van der Waals surface area contributed by atoms with E-state index in [-0.39, 0.29) is 11.7 Å². The van der Waals surface area contributed by atoms with Crippen LogP contribution in [0.5, 0.6) is 0 Å². The van der Waals surface area contributed by atoms with Crippen LogP contribution in [0.3, 0.4) is 0 Å². The van der Waals surface area contributed by atoms with Gasteiger partial charge in [-0.05, 0) is 56.2 Å². The van der Waals surface area contributed by atoms with E-state index in [1.807, 2.05) is 63.2 Å². The molecule has 146 valence electrons. The van der Waals surface area contributed by atoms with Gasteiger partial charge in [0.15, 0.2) is 5.65 Å². The Kier molecular flexibility index (Phi) is 5.31. The first-order valence-electron chi connectivity index (χ1n) is 9.27. The first-order valence-corrected chi connectivity index (χ1v) is 10.3. The van der Waals surface area contributed by atoms with E-state index in [9.17, 15) is 4.79 Å². The average molecular weight is 404 g/mol. The number of aryl methyl sites for hydroxylation is 3. The van der Waals surface area contributed by atoms with Gasteiger partial charge in [-0.25, -0.2) is 14.6 Å². The maximum Gasteiger partial charge on any atom is 0.234 e. The third-order valence-electron chi connectivity index (χ3n) is 4.74. The molecule has 0 aliphatic carbocycles. The summed E-state index contributed by atoms with van der Waals surface area (Å²) < 4.78 is 1.79. The van der Waals surface area contributed by atoms with E-state index >= 15 is 0 Å². The predicted octanol–water partition coefficient (Wildman–Crippen LogP) is 4.47. The Bertz CT molecular complexity index is 1180. The second kappa shape index (κ2) is 8.05. The number of anilines is 1. The number of thioether (sulfide) groups is 1. The van der Waals surface area contributed by atoms with Crippen molar-refractivity contribution in [1.82, 2.24) is 19.7 Å². The van der Waals surface area contributed by atoms with E-state index in [1.165, 1.54) is 29.2 Å². The van der Waals surface area contributed by atoms with Crippen LogP contribution in [-0.2, 0) is 4.79 Å². The number of nitrogens with one attached hydrogen (secondary N) is 1. The molecule has 4 aromatic rings. The fourth-order valence-electron chi connectivity index (χ4n) is 2.96. The van der Waals surface area contributed by atoms with Crippen molar-refractivity contribution in [2.75, 3.05) is 11.1 Å². The maximum atomic E-state index is 12.4. The molecule has 0 saturated carbocycles. The number of benzene rings is 2. The van der Waals surface area contributed by atoms with Gasteiger partial charge in [-0.15, -0.1) is 0 Å². The molecule has 1 N–H and O–H groups in total. The minimum atomic E-state index is -0.0732. The fourth-order valence-corrected chi connectivity index (χ4v) is 3.72. The molecule has 29 heavy (non-hydrogen) atoms. The molecule has 1 amide bonds. The minimum Gasteiger partial charge on any atom is -0.325 e. The van der Waals surface area contributed by atoms with Gasteiger partial charge in [0, 0.05) is 5.69 Å². The molecule has 7 heteroatoms. The van der Waals surface area contributed by atoms with Crippen molar-refractivity contribution in [2.45, 2.75) is 25.8 Å². The zero-order valence-corrected chi connectivity index (χ0v) is 17.3. The molecule has 4 rings (SSSR count). The van der Waals surface area contributed by atoms with Crippen molar-refractivity contribution < 1.29 is 4.79 Å². The molecule has 2 aromatic heterocycles. The first-order chi connectivity index (χ1) is 14.0. The van der Waals surface area contributed by atoms with Crippen LogP contribution >= 0.6 is 11.8 Å². The minimum absolute atomic E-state index is 0.0732. The molecule has 0 spiro atoms. The van der Waals surface area contributed by atoms with E-state index in [4.69, 9.17) is 0 Å². The SMILES string of the molecule is Cc1ccc(-n2ncc3c(SCC(=O)Nc4ccc(C)c(C)c4)ncnc32)cc1. The Morgan fingerprint density at radius 1 is 1.03 bits per heavy atom. The molecule has 0 radical (unpaired) electrons. The van der Waals surface area contributed by atoms with Crippen molar-refractivity contribution in [3.8, 4) is 5.69 Å². The van der Waals surface area contributed by atoms with Crippen LogP contribution in [0.1, 0.15) is 16.7 Å². The molecule has 2 aromatic carbocycles.